The fraction of sp³-hybridized carbons (Fsp3) is 0.161. The summed E-state index contributed by atoms with van der Waals surface area (Å²) in [5.41, 5.74) is 5.62. The van der Waals surface area contributed by atoms with Crippen molar-refractivity contribution in [2.75, 3.05) is 28.2 Å². The van der Waals surface area contributed by atoms with Crippen molar-refractivity contribution in [1.29, 1.82) is 0 Å². The van der Waals surface area contributed by atoms with Crippen molar-refractivity contribution in [3.63, 3.8) is 0 Å². The summed E-state index contributed by atoms with van der Waals surface area (Å²) >= 11 is 6.47. The van der Waals surface area contributed by atoms with Crippen LogP contribution in [0.3, 0.4) is 0 Å². The predicted octanol–water partition coefficient (Wildman–Crippen LogP) is 6.45. The van der Waals surface area contributed by atoms with Crippen molar-refractivity contribution in [3.8, 4) is 11.1 Å². The molecule has 0 spiro atoms. The maximum absolute atomic E-state index is 13.6. The van der Waals surface area contributed by atoms with E-state index in [0.29, 0.717) is 23.4 Å². The van der Waals surface area contributed by atoms with Gasteiger partial charge < -0.3 is 15.1 Å². The minimum absolute atomic E-state index is 0.0579. The number of alkyl halides is 1. The molecule has 0 bridgehead atoms. The molecule has 184 valence electrons. The smallest absolute Gasteiger partial charge is 0.258 e. The van der Waals surface area contributed by atoms with Crippen LogP contribution in [0.1, 0.15) is 27.1 Å². The molecule has 4 aromatic carbocycles. The zero-order chi connectivity index (χ0) is 25.4. The second-order valence-corrected chi connectivity index (χ2v) is 10.1. The van der Waals surface area contributed by atoms with E-state index in [1.807, 2.05) is 77.7 Å². The lowest BCUT2D eigenvalue weighted by molar-refractivity contribution is 0.0983. The quantitative estimate of drug-likeness (QED) is 0.323. The third-order valence-electron chi connectivity index (χ3n) is 7.13. The molecular weight excluding hydrogens is 482 g/mol. The van der Waals surface area contributed by atoms with Crippen LogP contribution in [-0.2, 0) is 0 Å². The first-order chi connectivity index (χ1) is 18.1. The molecule has 6 heteroatoms. The van der Waals surface area contributed by atoms with Crippen molar-refractivity contribution in [2.24, 2.45) is 0 Å². The number of para-hydroxylation sites is 2. The van der Waals surface area contributed by atoms with Crippen LogP contribution in [-0.4, -0.2) is 36.3 Å². The summed E-state index contributed by atoms with van der Waals surface area (Å²) in [5, 5.41) is 3.07. The number of fused-ring (bicyclic) bond motifs is 3. The van der Waals surface area contributed by atoms with E-state index in [4.69, 9.17) is 11.6 Å². The molecule has 0 saturated carbocycles. The van der Waals surface area contributed by atoms with Gasteiger partial charge in [-0.1, -0.05) is 60.7 Å². The van der Waals surface area contributed by atoms with Crippen LogP contribution in [0.15, 0.2) is 103 Å². The zero-order valence-corrected chi connectivity index (χ0v) is 20.9. The molecule has 1 fully saturated rings. The van der Waals surface area contributed by atoms with Crippen LogP contribution in [0.5, 0.6) is 0 Å². The molecule has 0 aromatic heterocycles. The Kier molecular flexibility index (Phi) is 6.15. The second kappa shape index (κ2) is 9.75. The van der Waals surface area contributed by atoms with E-state index < -0.39 is 0 Å². The lowest BCUT2D eigenvalue weighted by Gasteiger charge is -2.40. The summed E-state index contributed by atoms with van der Waals surface area (Å²) in [4.78, 5) is 30.9. The van der Waals surface area contributed by atoms with Gasteiger partial charge in [-0.2, -0.15) is 0 Å². The molecule has 1 N–H and O–H groups in total. The Labute approximate surface area is 221 Å². The first-order valence-electron chi connectivity index (χ1n) is 12.5. The van der Waals surface area contributed by atoms with Gasteiger partial charge in [-0.3, -0.25) is 9.59 Å². The highest BCUT2D eigenvalue weighted by Crippen LogP contribution is 2.41. The van der Waals surface area contributed by atoms with Crippen LogP contribution < -0.4 is 15.1 Å². The van der Waals surface area contributed by atoms with Crippen LogP contribution >= 0.6 is 11.6 Å². The third-order valence-corrected chi connectivity index (χ3v) is 7.45. The van der Waals surface area contributed by atoms with Gasteiger partial charge in [-0.15, -0.1) is 11.6 Å². The normalized spacial score (nSPS) is 18.2. The molecular formula is C31H26ClN3O2. The number of nitrogens with one attached hydrogen (secondary N) is 1. The lowest BCUT2D eigenvalue weighted by atomic mass is 9.99. The number of nitrogens with zero attached hydrogens (tertiary/aromatic N) is 2. The van der Waals surface area contributed by atoms with Crippen LogP contribution in [0, 0.1) is 0 Å². The van der Waals surface area contributed by atoms with Crippen LogP contribution in [0.25, 0.3) is 11.1 Å². The lowest BCUT2D eigenvalue weighted by Crippen LogP contribution is -2.48. The molecule has 6 rings (SSSR count). The molecule has 2 aliphatic rings. The standard InChI is InChI=1S/C31H26ClN3O2/c32-23-18-25-20-35(29-13-7-6-12-28(29)34(25)19-23)31(37)22-14-16-24(17-15-22)33-30(36)27-11-5-4-10-26(27)21-8-2-1-3-9-21/h1-17,23,25H,18-20H2,(H,33,36)/t23?,25-/m0/s1. The molecule has 4 aromatic rings. The molecule has 2 amide bonds. The second-order valence-electron chi connectivity index (χ2n) is 9.49. The fourth-order valence-corrected chi connectivity index (χ4v) is 5.72. The molecule has 1 saturated heterocycles. The maximum Gasteiger partial charge on any atom is 0.258 e. The van der Waals surface area contributed by atoms with Gasteiger partial charge in [0.05, 0.1) is 16.8 Å². The zero-order valence-electron chi connectivity index (χ0n) is 20.2. The van der Waals surface area contributed by atoms with E-state index in [1.54, 1.807) is 24.3 Å². The Morgan fingerprint density at radius 2 is 1.43 bits per heavy atom. The van der Waals surface area contributed by atoms with E-state index >= 15 is 0 Å². The number of hydrogen-bond donors (Lipinski definition) is 1. The van der Waals surface area contributed by atoms with E-state index in [9.17, 15) is 9.59 Å². The predicted molar refractivity (Wildman–Crippen MR) is 150 cm³/mol. The van der Waals surface area contributed by atoms with Gasteiger partial charge >= 0.3 is 0 Å². The van der Waals surface area contributed by atoms with Crippen molar-refractivity contribution in [2.45, 2.75) is 17.8 Å². The highest BCUT2D eigenvalue weighted by Gasteiger charge is 2.39. The number of amides is 2. The number of rotatable bonds is 4. The van der Waals surface area contributed by atoms with Crippen molar-refractivity contribution >= 4 is 40.5 Å². The van der Waals surface area contributed by atoms with Gasteiger partial charge in [0.1, 0.15) is 0 Å². The van der Waals surface area contributed by atoms with Crippen molar-refractivity contribution in [3.05, 3.63) is 114 Å². The summed E-state index contributed by atoms with van der Waals surface area (Å²) < 4.78 is 0. The number of carbonyl (C=O) groups is 2. The molecule has 5 nitrogen and oxygen atoms in total. The van der Waals surface area contributed by atoms with Gasteiger partial charge in [0.15, 0.2) is 0 Å². The highest BCUT2D eigenvalue weighted by molar-refractivity contribution is 6.21. The molecule has 37 heavy (non-hydrogen) atoms. The van der Waals surface area contributed by atoms with E-state index in [2.05, 4.69) is 16.3 Å². The first kappa shape index (κ1) is 23.3. The Morgan fingerprint density at radius 3 is 2.22 bits per heavy atom. The largest absolute Gasteiger partial charge is 0.364 e. The third kappa shape index (κ3) is 4.47. The van der Waals surface area contributed by atoms with E-state index in [-0.39, 0.29) is 23.2 Å². The first-order valence-corrected chi connectivity index (χ1v) is 12.9. The Hall–Kier alpha value is -4.09. The Balaban J connectivity index is 1.21. The number of hydrogen-bond acceptors (Lipinski definition) is 3. The summed E-state index contributed by atoms with van der Waals surface area (Å²) in [7, 11) is 0. The maximum atomic E-state index is 13.6. The summed E-state index contributed by atoms with van der Waals surface area (Å²) in [5.74, 6) is -0.252. The molecule has 1 unspecified atom stereocenters. The molecule has 2 heterocycles. The van der Waals surface area contributed by atoms with Crippen molar-refractivity contribution in [1.82, 2.24) is 0 Å². The number of anilines is 3. The number of halogens is 1. The molecule has 2 atom stereocenters. The van der Waals surface area contributed by atoms with Crippen LogP contribution in [0.2, 0.25) is 0 Å². The van der Waals surface area contributed by atoms with Gasteiger partial charge in [-0.05, 0) is 60.0 Å². The van der Waals surface area contributed by atoms with E-state index in [0.717, 1.165) is 35.5 Å². The fourth-order valence-electron chi connectivity index (χ4n) is 5.37. The van der Waals surface area contributed by atoms with Crippen molar-refractivity contribution < 1.29 is 9.59 Å². The van der Waals surface area contributed by atoms with Gasteiger partial charge in [-0.25, -0.2) is 0 Å². The Bertz CT molecular complexity index is 1460. The van der Waals surface area contributed by atoms with E-state index in [1.165, 1.54) is 0 Å². The molecule has 0 radical (unpaired) electrons. The highest BCUT2D eigenvalue weighted by atomic mass is 35.5. The minimum atomic E-state index is -0.194. The minimum Gasteiger partial charge on any atom is -0.364 e. The summed E-state index contributed by atoms with van der Waals surface area (Å²) in [6.07, 6.45) is 0.856. The number of carbonyl (C=O) groups excluding carboxylic acids is 2. The van der Waals surface area contributed by atoms with Gasteiger partial charge in [0, 0.05) is 35.9 Å². The monoisotopic (exact) mass is 507 g/mol. The number of benzene rings is 4. The van der Waals surface area contributed by atoms with Crippen LogP contribution in [0.4, 0.5) is 17.1 Å². The Morgan fingerprint density at radius 1 is 0.757 bits per heavy atom. The average Bonchev–Trinajstić information content (AvgIpc) is 3.33. The molecule has 0 aliphatic carbocycles. The summed E-state index contributed by atoms with van der Waals surface area (Å²) in [6.45, 7) is 1.40. The summed E-state index contributed by atoms with van der Waals surface area (Å²) in [6, 6.07) is 32.7. The van der Waals surface area contributed by atoms with Gasteiger partial charge in [0.2, 0.25) is 0 Å². The topological polar surface area (TPSA) is 52.7 Å². The average molecular weight is 508 g/mol. The SMILES string of the molecule is O=C(Nc1ccc(C(=O)N2C[C@@H]3CC(Cl)CN3c3ccccc32)cc1)c1ccccc1-c1ccccc1. The molecule has 2 aliphatic heterocycles. The van der Waals surface area contributed by atoms with Gasteiger partial charge in [0.25, 0.3) is 11.8 Å².